The molecule has 0 aliphatic rings. The average Bonchev–Trinajstić information content (AvgIpc) is 2.36. The number of hydrogen-bond donors (Lipinski definition) is 1. The first-order valence-electron chi connectivity index (χ1n) is 5.14. The van der Waals surface area contributed by atoms with Crippen molar-refractivity contribution in [1.29, 1.82) is 0 Å². The molecule has 0 fully saturated rings. The van der Waals surface area contributed by atoms with E-state index in [1.165, 1.54) is 12.1 Å². The summed E-state index contributed by atoms with van der Waals surface area (Å²) in [7, 11) is 0. The molecule has 2 rings (SSSR count). The van der Waals surface area contributed by atoms with Crippen LogP contribution in [0.1, 0.15) is 17.3 Å². The molecule has 1 atom stereocenters. The van der Waals surface area contributed by atoms with Crippen molar-refractivity contribution in [2.24, 2.45) is 5.73 Å². The second-order valence-electron chi connectivity index (χ2n) is 3.56. The van der Waals surface area contributed by atoms with Gasteiger partial charge in [0, 0.05) is 29.5 Å². The molecule has 1 heterocycles. The van der Waals surface area contributed by atoms with Gasteiger partial charge in [-0.25, -0.2) is 14.4 Å². The molecule has 88 valence electrons. The number of halogens is 2. The Morgan fingerprint density at radius 1 is 1.29 bits per heavy atom. The first-order valence-corrected chi connectivity index (χ1v) is 5.52. The molecule has 0 spiro atoms. The zero-order valence-corrected chi connectivity index (χ0v) is 9.73. The highest BCUT2D eigenvalue weighted by Gasteiger charge is 2.19. The van der Waals surface area contributed by atoms with E-state index < -0.39 is 0 Å². The van der Waals surface area contributed by atoms with Gasteiger partial charge < -0.3 is 5.73 Å². The zero-order chi connectivity index (χ0) is 12.3. The van der Waals surface area contributed by atoms with Crippen molar-refractivity contribution in [3.63, 3.8) is 0 Å². The van der Waals surface area contributed by atoms with E-state index in [0.717, 1.165) is 0 Å². The van der Waals surface area contributed by atoms with Crippen molar-refractivity contribution in [2.75, 3.05) is 6.54 Å². The van der Waals surface area contributed by atoms with Crippen LogP contribution in [-0.4, -0.2) is 16.5 Å². The fraction of sp³-hybridized carbons (Fsp3) is 0.167. The Kier molecular flexibility index (Phi) is 3.66. The second kappa shape index (κ2) is 5.21. The van der Waals surface area contributed by atoms with Crippen LogP contribution in [0.4, 0.5) is 4.39 Å². The highest BCUT2D eigenvalue weighted by atomic mass is 35.5. The van der Waals surface area contributed by atoms with Crippen LogP contribution in [0.15, 0.2) is 36.7 Å². The summed E-state index contributed by atoms with van der Waals surface area (Å²) in [4.78, 5) is 8.19. The Labute approximate surface area is 103 Å². The van der Waals surface area contributed by atoms with Crippen LogP contribution < -0.4 is 5.73 Å². The summed E-state index contributed by atoms with van der Waals surface area (Å²) in [5.41, 5.74) is 6.09. The van der Waals surface area contributed by atoms with Crippen LogP contribution >= 0.6 is 11.6 Å². The average molecular weight is 252 g/mol. The molecule has 1 unspecified atom stereocenters. The Hall–Kier alpha value is -1.52. The molecular weight excluding hydrogens is 241 g/mol. The van der Waals surface area contributed by atoms with E-state index in [-0.39, 0.29) is 18.3 Å². The van der Waals surface area contributed by atoms with Crippen LogP contribution in [0.5, 0.6) is 0 Å². The first kappa shape index (κ1) is 12.0. The fourth-order valence-electron chi connectivity index (χ4n) is 1.64. The van der Waals surface area contributed by atoms with Crippen LogP contribution in [0.2, 0.25) is 5.02 Å². The third kappa shape index (κ3) is 2.60. The lowest BCUT2D eigenvalue weighted by molar-refractivity contribution is 0.590. The minimum atomic E-state index is -0.380. The summed E-state index contributed by atoms with van der Waals surface area (Å²) in [6, 6.07) is 6.08. The van der Waals surface area contributed by atoms with Crippen molar-refractivity contribution in [3.8, 4) is 0 Å². The summed E-state index contributed by atoms with van der Waals surface area (Å²) in [6.45, 7) is 0.223. The van der Waals surface area contributed by atoms with E-state index in [0.29, 0.717) is 16.4 Å². The van der Waals surface area contributed by atoms with Crippen molar-refractivity contribution < 1.29 is 4.39 Å². The normalized spacial score (nSPS) is 12.4. The maximum Gasteiger partial charge on any atom is 0.137 e. The van der Waals surface area contributed by atoms with Crippen LogP contribution in [0.3, 0.4) is 0 Å². The van der Waals surface area contributed by atoms with Gasteiger partial charge in [-0.1, -0.05) is 11.6 Å². The van der Waals surface area contributed by atoms with Gasteiger partial charge in [-0.3, -0.25) is 0 Å². The second-order valence-corrected chi connectivity index (χ2v) is 4.00. The molecule has 0 saturated heterocycles. The predicted molar refractivity (Wildman–Crippen MR) is 64.3 cm³/mol. The smallest absolute Gasteiger partial charge is 0.137 e. The maximum atomic E-state index is 13.7. The number of hydrogen-bond acceptors (Lipinski definition) is 3. The SMILES string of the molecule is NCC(c1ncccn1)c1cc(Cl)ccc1F. The van der Waals surface area contributed by atoms with Gasteiger partial charge in [-0.15, -0.1) is 0 Å². The van der Waals surface area contributed by atoms with Crippen molar-refractivity contribution in [3.05, 3.63) is 58.9 Å². The Bertz CT molecular complexity index is 504. The summed E-state index contributed by atoms with van der Waals surface area (Å²) in [6.07, 6.45) is 3.21. The quantitative estimate of drug-likeness (QED) is 0.911. The Balaban J connectivity index is 2.46. The molecule has 1 aromatic carbocycles. The van der Waals surface area contributed by atoms with E-state index in [1.54, 1.807) is 24.5 Å². The third-order valence-electron chi connectivity index (χ3n) is 2.47. The fourth-order valence-corrected chi connectivity index (χ4v) is 1.82. The monoisotopic (exact) mass is 251 g/mol. The van der Waals surface area contributed by atoms with E-state index in [9.17, 15) is 4.39 Å². The molecule has 0 aliphatic heterocycles. The van der Waals surface area contributed by atoms with Gasteiger partial charge in [0.05, 0.1) is 5.92 Å². The topological polar surface area (TPSA) is 51.8 Å². The van der Waals surface area contributed by atoms with Gasteiger partial charge in [-0.2, -0.15) is 0 Å². The lowest BCUT2D eigenvalue weighted by Crippen LogP contribution is -2.17. The largest absolute Gasteiger partial charge is 0.329 e. The molecule has 5 heteroatoms. The van der Waals surface area contributed by atoms with Crippen molar-refractivity contribution in [2.45, 2.75) is 5.92 Å². The predicted octanol–water partition coefficient (Wildman–Crippen LogP) is 2.36. The molecule has 3 nitrogen and oxygen atoms in total. The minimum absolute atomic E-state index is 0.223. The van der Waals surface area contributed by atoms with E-state index in [2.05, 4.69) is 9.97 Å². The number of nitrogens with zero attached hydrogens (tertiary/aromatic N) is 2. The number of nitrogens with two attached hydrogens (primary N) is 1. The molecule has 0 aliphatic carbocycles. The highest BCUT2D eigenvalue weighted by Crippen LogP contribution is 2.25. The first-order chi connectivity index (χ1) is 8.22. The van der Waals surface area contributed by atoms with Gasteiger partial charge in [0.15, 0.2) is 0 Å². The van der Waals surface area contributed by atoms with Gasteiger partial charge in [0.25, 0.3) is 0 Å². The number of benzene rings is 1. The summed E-state index contributed by atoms with van der Waals surface area (Å²) < 4.78 is 13.7. The van der Waals surface area contributed by atoms with E-state index in [1.807, 2.05) is 0 Å². The Morgan fingerprint density at radius 2 is 2.00 bits per heavy atom. The molecule has 2 N–H and O–H groups in total. The Morgan fingerprint density at radius 3 is 2.65 bits per heavy atom. The maximum absolute atomic E-state index is 13.7. The van der Waals surface area contributed by atoms with Crippen LogP contribution in [0, 0.1) is 5.82 Å². The molecule has 2 aromatic rings. The van der Waals surface area contributed by atoms with Crippen LogP contribution in [-0.2, 0) is 0 Å². The summed E-state index contributed by atoms with van der Waals surface area (Å²) in [5, 5.41) is 0.468. The van der Waals surface area contributed by atoms with Crippen molar-refractivity contribution >= 4 is 11.6 Å². The summed E-state index contributed by atoms with van der Waals surface area (Å²) in [5.74, 6) is -0.233. The molecule has 0 bridgehead atoms. The van der Waals surface area contributed by atoms with Gasteiger partial charge >= 0.3 is 0 Å². The minimum Gasteiger partial charge on any atom is -0.329 e. The lowest BCUT2D eigenvalue weighted by atomic mass is 9.98. The summed E-state index contributed by atoms with van der Waals surface area (Å²) >= 11 is 5.86. The highest BCUT2D eigenvalue weighted by molar-refractivity contribution is 6.30. The number of aromatic nitrogens is 2. The molecule has 0 radical (unpaired) electrons. The standard InChI is InChI=1S/C12H11ClFN3/c13-8-2-3-11(14)9(6-8)10(7-15)12-16-4-1-5-17-12/h1-6,10H,7,15H2. The van der Waals surface area contributed by atoms with Crippen LogP contribution in [0.25, 0.3) is 0 Å². The molecule has 1 aromatic heterocycles. The van der Waals surface area contributed by atoms with E-state index in [4.69, 9.17) is 17.3 Å². The molecule has 0 amide bonds. The molecular formula is C12H11ClFN3. The third-order valence-corrected chi connectivity index (χ3v) is 2.70. The lowest BCUT2D eigenvalue weighted by Gasteiger charge is -2.14. The van der Waals surface area contributed by atoms with Gasteiger partial charge in [-0.05, 0) is 24.3 Å². The molecule has 0 saturated carbocycles. The van der Waals surface area contributed by atoms with Gasteiger partial charge in [0.2, 0.25) is 0 Å². The van der Waals surface area contributed by atoms with E-state index >= 15 is 0 Å². The molecule has 17 heavy (non-hydrogen) atoms. The zero-order valence-electron chi connectivity index (χ0n) is 8.98. The number of rotatable bonds is 3. The van der Waals surface area contributed by atoms with Crippen molar-refractivity contribution in [1.82, 2.24) is 9.97 Å². The van der Waals surface area contributed by atoms with Gasteiger partial charge in [0.1, 0.15) is 11.6 Å².